The van der Waals surface area contributed by atoms with E-state index >= 15 is 0 Å². The Bertz CT molecular complexity index is 785. The highest BCUT2D eigenvalue weighted by Crippen LogP contribution is 2.38. The number of anilines is 1. The number of nitrogens with zero attached hydrogens (tertiary/aromatic N) is 2. The normalized spacial score (nSPS) is 10.8. The van der Waals surface area contributed by atoms with Crippen LogP contribution in [0.15, 0.2) is 42.6 Å². The van der Waals surface area contributed by atoms with Crippen LogP contribution in [0.3, 0.4) is 0 Å². The van der Waals surface area contributed by atoms with E-state index in [-0.39, 0.29) is 0 Å². The van der Waals surface area contributed by atoms with Gasteiger partial charge in [-0.1, -0.05) is 29.5 Å². The van der Waals surface area contributed by atoms with E-state index in [2.05, 4.69) is 9.97 Å². The van der Waals surface area contributed by atoms with Crippen LogP contribution < -0.4 is 11.5 Å². The number of aromatic nitrogens is 2. The maximum atomic E-state index is 13.3. The van der Waals surface area contributed by atoms with Crippen molar-refractivity contribution >= 4 is 16.5 Å². The van der Waals surface area contributed by atoms with Gasteiger partial charge in [-0.2, -0.15) is 4.39 Å². The van der Waals surface area contributed by atoms with Gasteiger partial charge in [0.1, 0.15) is 0 Å². The Morgan fingerprint density at radius 3 is 2.76 bits per heavy atom. The lowest BCUT2D eigenvalue weighted by molar-refractivity contribution is 0.584. The lowest BCUT2D eigenvalue weighted by Gasteiger charge is -2.04. The molecular formula is C15H13FN4S. The number of nitrogen functional groups attached to an aromatic ring is 1. The molecule has 3 aromatic rings. The highest BCUT2D eigenvalue weighted by atomic mass is 32.1. The Labute approximate surface area is 125 Å². The number of rotatable bonds is 3. The van der Waals surface area contributed by atoms with Crippen molar-refractivity contribution in [1.82, 2.24) is 9.97 Å². The summed E-state index contributed by atoms with van der Waals surface area (Å²) in [6.07, 6.45) is 1.43. The third-order valence-electron chi connectivity index (χ3n) is 3.07. The van der Waals surface area contributed by atoms with E-state index in [1.807, 2.05) is 24.3 Å². The molecule has 1 aromatic carbocycles. The van der Waals surface area contributed by atoms with E-state index in [1.54, 1.807) is 6.07 Å². The largest absolute Gasteiger partial charge is 0.375 e. The van der Waals surface area contributed by atoms with Crippen molar-refractivity contribution in [2.24, 2.45) is 5.73 Å². The van der Waals surface area contributed by atoms with Crippen LogP contribution in [0, 0.1) is 5.95 Å². The van der Waals surface area contributed by atoms with Crippen molar-refractivity contribution in [1.29, 1.82) is 0 Å². The Kier molecular flexibility index (Phi) is 3.64. The monoisotopic (exact) mass is 300 g/mol. The molecule has 21 heavy (non-hydrogen) atoms. The first kappa shape index (κ1) is 13.7. The maximum Gasteiger partial charge on any atom is 0.213 e. The highest BCUT2D eigenvalue weighted by Gasteiger charge is 2.14. The summed E-state index contributed by atoms with van der Waals surface area (Å²) < 4.78 is 13.3. The molecule has 0 spiro atoms. The van der Waals surface area contributed by atoms with Gasteiger partial charge in [0.15, 0.2) is 5.13 Å². The van der Waals surface area contributed by atoms with Crippen molar-refractivity contribution in [2.75, 3.05) is 5.73 Å². The van der Waals surface area contributed by atoms with Crippen LogP contribution in [-0.4, -0.2) is 9.97 Å². The van der Waals surface area contributed by atoms with E-state index in [4.69, 9.17) is 11.5 Å². The number of nitrogens with two attached hydrogens (primary N) is 2. The molecule has 0 unspecified atom stereocenters. The molecule has 0 radical (unpaired) electrons. The molecule has 106 valence electrons. The molecule has 0 atom stereocenters. The van der Waals surface area contributed by atoms with Crippen LogP contribution >= 0.6 is 11.3 Å². The predicted molar refractivity (Wildman–Crippen MR) is 83.0 cm³/mol. The number of pyridine rings is 1. The number of hydrogen-bond acceptors (Lipinski definition) is 5. The van der Waals surface area contributed by atoms with Crippen molar-refractivity contribution in [3.63, 3.8) is 0 Å². The summed E-state index contributed by atoms with van der Waals surface area (Å²) in [6.45, 7) is 0.451. The lowest BCUT2D eigenvalue weighted by Crippen LogP contribution is -1.96. The lowest BCUT2D eigenvalue weighted by atomic mass is 10.1. The first-order chi connectivity index (χ1) is 10.2. The van der Waals surface area contributed by atoms with E-state index in [0.717, 1.165) is 21.7 Å². The number of benzene rings is 1. The summed E-state index contributed by atoms with van der Waals surface area (Å²) in [5, 5.41) is 0.440. The van der Waals surface area contributed by atoms with Crippen LogP contribution in [0.5, 0.6) is 0 Å². The molecule has 0 saturated heterocycles. The topological polar surface area (TPSA) is 77.8 Å². The summed E-state index contributed by atoms with van der Waals surface area (Å²) in [7, 11) is 0. The SMILES string of the molecule is NCc1cccc(-c2nc(N)sc2-c2ccnc(F)c2)c1. The number of thiazole rings is 1. The molecule has 0 bridgehead atoms. The molecule has 0 saturated carbocycles. The summed E-state index contributed by atoms with van der Waals surface area (Å²) in [6, 6.07) is 10.9. The van der Waals surface area contributed by atoms with Crippen molar-refractivity contribution in [3.8, 4) is 21.7 Å². The fourth-order valence-corrected chi connectivity index (χ4v) is 2.97. The average molecular weight is 300 g/mol. The van der Waals surface area contributed by atoms with Gasteiger partial charge in [0.2, 0.25) is 5.95 Å². The molecule has 0 amide bonds. The van der Waals surface area contributed by atoms with E-state index < -0.39 is 5.95 Å². The van der Waals surface area contributed by atoms with Crippen LogP contribution in [-0.2, 0) is 6.54 Å². The van der Waals surface area contributed by atoms with Gasteiger partial charge in [0, 0.05) is 29.9 Å². The minimum atomic E-state index is -0.527. The molecule has 4 N–H and O–H groups in total. The molecule has 2 aromatic heterocycles. The minimum absolute atomic E-state index is 0.440. The zero-order chi connectivity index (χ0) is 14.8. The summed E-state index contributed by atoms with van der Waals surface area (Å²) in [5.74, 6) is -0.527. The van der Waals surface area contributed by atoms with Crippen LogP contribution in [0.2, 0.25) is 0 Å². The Morgan fingerprint density at radius 1 is 1.14 bits per heavy atom. The Balaban J connectivity index is 2.15. The molecule has 6 heteroatoms. The first-order valence-corrected chi connectivity index (χ1v) is 7.16. The predicted octanol–water partition coefficient (Wildman–Crippen LogP) is 3.05. The third-order valence-corrected chi connectivity index (χ3v) is 4.00. The summed E-state index contributed by atoms with van der Waals surface area (Å²) in [5.41, 5.74) is 14.9. The minimum Gasteiger partial charge on any atom is -0.375 e. The van der Waals surface area contributed by atoms with Gasteiger partial charge >= 0.3 is 0 Å². The van der Waals surface area contributed by atoms with E-state index in [1.165, 1.54) is 23.6 Å². The van der Waals surface area contributed by atoms with Gasteiger partial charge in [0.05, 0.1) is 10.6 Å². The van der Waals surface area contributed by atoms with Crippen LogP contribution in [0.25, 0.3) is 21.7 Å². The molecule has 3 rings (SSSR count). The Morgan fingerprint density at radius 2 is 2.00 bits per heavy atom. The van der Waals surface area contributed by atoms with Gasteiger partial charge in [-0.3, -0.25) is 0 Å². The van der Waals surface area contributed by atoms with E-state index in [9.17, 15) is 4.39 Å². The second-order valence-corrected chi connectivity index (χ2v) is 5.53. The highest BCUT2D eigenvalue weighted by molar-refractivity contribution is 7.19. The van der Waals surface area contributed by atoms with E-state index in [0.29, 0.717) is 17.2 Å². The van der Waals surface area contributed by atoms with Crippen LogP contribution in [0.1, 0.15) is 5.56 Å². The Hall–Kier alpha value is -2.31. The van der Waals surface area contributed by atoms with Crippen molar-refractivity contribution in [2.45, 2.75) is 6.54 Å². The quantitative estimate of drug-likeness (QED) is 0.729. The number of halogens is 1. The fraction of sp³-hybridized carbons (Fsp3) is 0.0667. The van der Waals surface area contributed by atoms with Gasteiger partial charge in [-0.25, -0.2) is 9.97 Å². The average Bonchev–Trinajstić information content (AvgIpc) is 2.89. The van der Waals surface area contributed by atoms with Crippen molar-refractivity contribution in [3.05, 3.63) is 54.1 Å². The van der Waals surface area contributed by atoms with Crippen molar-refractivity contribution < 1.29 is 4.39 Å². The molecule has 0 aliphatic rings. The van der Waals surface area contributed by atoms with Gasteiger partial charge in [0.25, 0.3) is 0 Å². The summed E-state index contributed by atoms with van der Waals surface area (Å²) >= 11 is 1.33. The van der Waals surface area contributed by atoms with Gasteiger partial charge in [-0.15, -0.1) is 0 Å². The molecule has 0 aliphatic carbocycles. The zero-order valence-electron chi connectivity index (χ0n) is 11.1. The smallest absolute Gasteiger partial charge is 0.213 e. The zero-order valence-corrected chi connectivity index (χ0v) is 11.9. The number of hydrogen-bond donors (Lipinski definition) is 2. The van der Waals surface area contributed by atoms with Gasteiger partial charge < -0.3 is 11.5 Å². The molecule has 2 heterocycles. The first-order valence-electron chi connectivity index (χ1n) is 6.35. The van der Waals surface area contributed by atoms with Gasteiger partial charge in [-0.05, 0) is 17.7 Å². The maximum absolute atomic E-state index is 13.3. The molecule has 0 fully saturated rings. The van der Waals surface area contributed by atoms with Crippen LogP contribution in [0.4, 0.5) is 9.52 Å². The fourth-order valence-electron chi connectivity index (χ4n) is 2.12. The third kappa shape index (κ3) is 2.76. The molecule has 0 aliphatic heterocycles. The standard InChI is InChI=1S/C15H13FN4S/c16-12-7-11(4-5-19-12)14-13(20-15(18)21-14)10-3-1-2-9(6-10)8-17/h1-7H,8,17H2,(H2,18,20). The molecular weight excluding hydrogens is 287 g/mol. The summed E-state index contributed by atoms with van der Waals surface area (Å²) in [4.78, 5) is 8.77. The second kappa shape index (κ2) is 5.59. The second-order valence-electron chi connectivity index (χ2n) is 4.50. The molecule has 4 nitrogen and oxygen atoms in total.